The molecule has 2 rings (SSSR count). The molecule has 0 spiro atoms. The van der Waals surface area contributed by atoms with Crippen molar-refractivity contribution < 1.29 is 9.90 Å². The van der Waals surface area contributed by atoms with E-state index in [-0.39, 0.29) is 11.7 Å². The predicted molar refractivity (Wildman–Crippen MR) is 76.4 cm³/mol. The van der Waals surface area contributed by atoms with Gasteiger partial charge in [-0.15, -0.1) is 0 Å². The Morgan fingerprint density at radius 1 is 1.47 bits per heavy atom. The molecule has 1 amide bonds. The number of benzene rings is 1. The summed E-state index contributed by atoms with van der Waals surface area (Å²) in [7, 11) is 0. The quantitative estimate of drug-likeness (QED) is 0.780. The zero-order chi connectivity index (χ0) is 13.8. The SMILES string of the molecule is Cc1ccc(NC(=O)CCC2CCNC2)c(C)c1O. The lowest BCUT2D eigenvalue weighted by atomic mass is 10.0. The Morgan fingerprint density at radius 3 is 2.95 bits per heavy atom. The fraction of sp³-hybridized carbons (Fsp3) is 0.533. The van der Waals surface area contributed by atoms with Crippen molar-refractivity contribution in [2.45, 2.75) is 33.1 Å². The third-order valence-corrected chi connectivity index (χ3v) is 3.85. The van der Waals surface area contributed by atoms with Crippen LogP contribution >= 0.6 is 0 Å². The first-order valence-electron chi connectivity index (χ1n) is 6.87. The first-order valence-corrected chi connectivity index (χ1v) is 6.87. The molecule has 0 radical (unpaired) electrons. The first-order chi connectivity index (χ1) is 9.08. The average molecular weight is 262 g/mol. The Balaban J connectivity index is 1.89. The Bertz CT molecular complexity index is 465. The van der Waals surface area contributed by atoms with Crippen molar-refractivity contribution >= 4 is 11.6 Å². The number of amides is 1. The molecule has 1 heterocycles. The van der Waals surface area contributed by atoms with Crippen LogP contribution < -0.4 is 10.6 Å². The van der Waals surface area contributed by atoms with Crippen molar-refractivity contribution in [2.24, 2.45) is 5.92 Å². The Kier molecular flexibility index (Phi) is 4.43. The van der Waals surface area contributed by atoms with E-state index in [2.05, 4.69) is 10.6 Å². The second-order valence-electron chi connectivity index (χ2n) is 5.35. The van der Waals surface area contributed by atoms with E-state index in [4.69, 9.17) is 0 Å². The van der Waals surface area contributed by atoms with Gasteiger partial charge < -0.3 is 15.7 Å². The molecule has 1 aliphatic heterocycles. The van der Waals surface area contributed by atoms with Gasteiger partial charge in [-0.25, -0.2) is 0 Å². The number of anilines is 1. The Hall–Kier alpha value is -1.55. The molecule has 1 aromatic carbocycles. The van der Waals surface area contributed by atoms with Gasteiger partial charge in [-0.3, -0.25) is 4.79 Å². The van der Waals surface area contributed by atoms with Crippen LogP contribution in [0.25, 0.3) is 0 Å². The van der Waals surface area contributed by atoms with Crippen molar-refractivity contribution in [2.75, 3.05) is 18.4 Å². The molecular formula is C15H22N2O2. The molecule has 0 aromatic heterocycles. The van der Waals surface area contributed by atoms with Gasteiger partial charge in [0.1, 0.15) is 5.75 Å². The number of hydrogen-bond acceptors (Lipinski definition) is 3. The van der Waals surface area contributed by atoms with Gasteiger partial charge in [0.05, 0.1) is 0 Å². The third-order valence-electron chi connectivity index (χ3n) is 3.85. The minimum Gasteiger partial charge on any atom is -0.507 e. The van der Waals surface area contributed by atoms with Crippen LogP contribution in [0.2, 0.25) is 0 Å². The fourth-order valence-electron chi connectivity index (χ4n) is 2.48. The van der Waals surface area contributed by atoms with Gasteiger partial charge in [0.2, 0.25) is 5.91 Å². The van der Waals surface area contributed by atoms with Gasteiger partial charge in [0.15, 0.2) is 0 Å². The molecule has 1 fully saturated rings. The minimum atomic E-state index is 0.0262. The van der Waals surface area contributed by atoms with Crippen molar-refractivity contribution in [3.63, 3.8) is 0 Å². The summed E-state index contributed by atoms with van der Waals surface area (Å²) in [4.78, 5) is 11.9. The monoisotopic (exact) mass is 262 g/mol. The topological polar surface area (TPSA) is 61.4 Å². The van der Waals surface area contributed by atoms with Crippen molar-refractivity contribution in [1.82, 2.24) is 5.32 Å². The zero-order valence-electron chi connectivity index (χ0n) is 11.6. The number of nitrogens with one attached hydrogen (secondary N) is 2. The molecule has 1 aromatic rings. The van der Waals surface area contributed by atoms with E-state index in [1.165, 1.54) is 0 Å². The normalized spacial score (nSPS) is 18.5. The Morgan fingerprint density at radius 2 is 2.26 bits per heavy atom. The summed E-state index contributed by atoms with van der Waals surface area (Å²) in [6.45, 7) is 5.76. The van der Waals surface area contributed by atoms with E-state index in [0.29, 0.717) is 18.0 Å². The summed E-state index contributed by atoms with van der Waals surface area (Å²) < 4.78 is 0. The smallest absolute Gasteiger partial charge is 0.224 e. The summed E-state index contributed by atoms with van der Waals surface area (Å²) in [5.74, 6) is 0.911. The summed E-state index contributed by atoms with van der Waals surface area (Å²) in [5.41, 5.74) is 2.26. The van der Waals surface area contributed by atoms with Gasteiger partial charge >= 0.3 is 0 Å². The molecule has 1 saturated heterocycles. The second kappa shape index (κ2) is 6.06. The highest BCUT2D eigenvalue weighted by Gasteiger charge is 2.16. The van der Waals surface area contributed by atoms with Crippen molar-refractivity contribution in [3.8, 4) is 5.75 Å². The lowest BCUT2D eigenvalue weighted by molar-refractivity contribution is -0.116. The molecule has 1 atom stereocenters. The van der Waals surface area contributed by atoms with Gasteiger partial charge in [-0.2, -0.15) is 0 Å². The third kappa shape index (κ3) is 3.47. The number of rotatable bonds is 4. The van der Waals surface area contributed by atoms with E-state index in [1.807, 2.05) is 26.0 Å². The van der Waals surface area contributed by atoms with Crippen molar-refractivity contribution in [3.05, 3.63) is 23.3 Å². The van der Waals surface area contributed by atoms with Crippen LogP contribution in [0.4, 0.5) is 5.69 Å². The molecule has 0 bridgehead atoms. The molecule has 4 heteroatoms. The van der Waals surface area contributed by atoms with Gasteiger partial charge in [0, 0.05) is 17.7 Å². The molecule has 1 aliphatic rings. The Labute approximate surface area is 114 Å². The van der Waals surface area contributed by atoms with Gasteiger partial charge in [-0.1, -0.05) is 6.07 Å². The number of phenolic OH excluding ortho intramolecular Hbond substituents is 1. The van der Waals surface area contributed by atoms with E-state index >= 15 is 0 Å². The maximum absolute atomic E-state index is 11.9. The highest BCUT2D eigenvalue weighted by Crippen LogP contribution is 2.28. The van der Waals surface area contributed by atoms with Crippen LogP contribution in [0.15, 0.2) is 12.1 Å². The van der Waals surface area contributed by atoms with E-state index < -0.39 is 0 Å². The summed E-state index contributed by atoms with van der Waals surface area (Å²) in [6.07, 6.45) is 2.63. The summed E-state index contributed by atoms with van der Waals surface area (Å²) in [5, 5.41) is 16.0. The number of aromatic hydroxyl groups is 1. The molecule has 0 aliphatic carbocycles. The molecule has 0 saturated carbocycles. The highest BCUT2D eigenvalue weighted by atomic mass is 16.3. The van der Waals surface area contributed by atoms with Crippen LogP contribution in [0.1, 0.15) is 30.4 Å². The number of hydrogen-bond donors (Lipinski definition) is 3. The number of phenols is 1. The lowest BCUT2D eigenvalue weighted by Gasteiger charge is -2.12. The van der Waals surface area contributed by atoms with Crippen LogP contribution in [-0.2, 0) is 4.79 Å². The largest absolute Gasteiger partial charge is 0.507 e. The standard InChI is InChI=1S/C15H22N2O2/c1-10-3-5-13(11(2)15(10)19)17-14(18)6-4-12-7-8-16-9-12/h3,5,12,16,19H,4,6-9H2,1-2H3,(H,17,18). The van der Waals surface area contributed by atoms with Crippen LogP contribution in [0, 0.1) is 19.8 Å². The molecule has 1 unspecified atom stereocenters. The second-order valence-corrected chi connectivity index (χ2v) is 5.35. The molecule has 104 valence electrons. The number of carbonyl (C=O) groups excluding carboxylic acids is 1. The maximum atomic E-state index is 11.9. The van der Waals surface area contributed by atoms with E-state index in [0.717, 1.165) is 37.1 Å². The van der Waals surface area contributed by atoms with Gasteiger partial charge in [0.25, 0.3) is 0 Å². The zero-order valence-corrected chi connectivity index (χ0v) is 11.6. The first kappa shape index (κ1) is 13.9. The van der Waals surface area contributed by atoms with E-state index in [1.54, 1.807) is 0 Å². The highest BCUT2D eigenvalue weighted by molar-refractivity contribution is 5.91. The number of carbonyl (C=O) groups is 1. The molecular weight excluding hydrogens is 240 g/mol. The molecule has 4 nitrogen and oxygen atoms in total. The molecule has 3 N–H and O–H groups in total. The summed E-state index contributed by atoms with van der Waals surface area (Å²) >= 11 is 0. The predicted octanol–water partition coefficient (Wildman–Crippen LogP) is 2.34. The van der Waals surface area contributed by atoms with Crippen LogP contribution in [0.3, 0.4) is 0 Å². The van der Waals surface area contributed by atoms with Gasteiger partial charge in [-0.05, 0) is 57.3 Å². The average Bonchev–Trinajstić information content (AvgIpc) is 2.90. The fourth-order valence-corrected chi connectivity index (χ4v) is 2.48. The summed E-state index contributed by atoms with van der Waals surface area (Å²) in [6, 6.07) is 3.66. The minimum absolute atomic E-state index is 0.0262. The lowest BCUT2D eigenvalue weighted by Crippen LogP contribution is -2.15. The van der Waals surface area contributed by atoms with Crippen LogP contribution in [0.5, 0.6) is 5.75 Å². The maximum Gasteiger partial charge on any atom is 0.224 e. The van der Waals surface area contributed by atoms with Crippen LogP contribution in [-0.4, -0.2) is 24.1 Å². The van der Waals surface area contributed by atoms with Crippen molar-refractivity contribution in [1.29, 1.82) is 0 Å². The number of aryl methyl sites for hydroxylation is 1. The molecule has 19 heavy (non-hydrogen) atoms. The van der Waals surface area contributed by atoms with E-state index in [9.17, 15) is 9.90 Å².